The fraction of sp³-hybridized carbons (Fsp3) is 0.500. The van der Waals surface area contributed by atoms with E-state index in [-0.39, 0.29) is 17.5 Å². The van der Waals surface area contributed by atoms with Crippen molar-refractivity contribution in [2.24, 2.45) is 5.92 Å². The van der Waals surface area contributed by atoms with Gasteiger partial charge < -0.3 is 10.0 Å². The zero-order valence-corrected chi connectivity index (χ0v) is 13.6. The Balaban J connectivity index is 1.61. The highest BCUT2D eigenvalue weighted by atomic mass is 16.6. The van der Waals surface area contributed by atoms with Crippen LogP contribution in [0.2, 0.25) is 0 Å². The standard InChI is InChI=1S/C18H22N2O4/c21-17(9-6-14-4-7-16(8-5-14)20(23)24)19-12-11-18(22)10-2-1-3-15(18)13-19/h4-9,15,22H,1-3,10-13H2/b9-6+/t15-,18+/m1/s1. The number of benzene rings is 1. The van der Waals surface area contributed by atoms with Crippen molar-refractivity contribution in [3.05, 3.63) is 46.0 Å². The van der Waals surface area contributed by atoms with E-state index in [0.29, 0.717) is 19.5 Å². The van der Waals surface area contributed by atoms with Crippen LogP contribution in [0.4, 0.5) is 5.69 Å². The lowest BCUT2D eigenvalue weighted by Gasteiger charge is -2.47. The van der Waals surface area contributed by atoms with Crippen molar-refractivity contribution in [3.63, 3.8) is 0 Å². The fourth-order valence-electron chi connectivity index (χ4n) is 3.75. The molecule has 1 aliphatic carbocycles. The summed E-state index contributed by atoms with van der Waals surface area (Å²) in [4.78, 5) is 24.4. The second kappa shape index (κ2) is 6.73. The quantitative estimate of drug-likeness (QED) is 0.525. The van der Waals surface area contributed by atoms with Gasteiger partial charge in [0.15, 0.2) is 0 Å². The number of aliphatic hydroxyl groups is 1. The third kappa shape index (κ3) is 3.48. The van der Waals surface area contributed by atoms with Crippen molar-refractivity contribution < 1.29 is 14.8 Å². The van der Waals surface area contributed by atoms with Crippen molar-refractivity contribution in [1.82, 2.24) is 4.90 Å². The zero-order valence-electron chi connectivity index (χ0n) is 13.6. The van der Waals surface area contributed by atoms with Gasteiger partial charge in [-0.15, -0.1) is 0 Å². The molecule has 2 fully saturated rings. The summed E-state index contributed by atoms with van der Waals surface area (Å²) in [5, 5.41) is 21.3. The van der Waals surface area contributed by atoms with Crippen LogP contribution in [0.1, 0.15) is 37.7 Å². The Hall–Kier alpha value is -2.21. The van der Waals surface area contributed by atoms with Crippen LogP contribution in [-0.4, -0.2) is 39.5 Å². The van der Waals surface area contributed by atoms with Crippen molar-refractivity contribution in [2.45, 2.75) is 37.7 Å². The maximum Gasteiger partial charge on any atom is 0.269 e. The molecule has 0 unspecified atom stereocenters. The van der Waals surface area contributed by atoms with Crippen molar-refractivity contribution in [1.29, 1.82) is 0 Å². The highest BCUT2D eigenvalue weighted by Crippen LogP contribution is 2.39. The molecule has 2 atom stereocenters. The maximum absolute atomic E-state index is 12.4. The number of nitro groups is 1. The molecule has 1 amide bonds. The number of likely N-dealkylation sites (tertiary alicyclic amines) is 1. The second-order valence-electron chi connectivity index (χ2n) is 6.76. The summed E-state index contributed by atoms with van der Waals surface area (Å²) >= 11 is 0. The molecule has 1 aromatic carbocycles. The first kappa shape index (κ1) is 16.6. The molecule has 1 saturated carbocycles. The molecule has 24 heavy (non-hydrogen) atoms. The molecule has 1 aromatic rings. The number of amides is 1. The van der Waals surface area contributed by atoms with Crippen LogP contribution in [0.15, 0.2) is 30.3 Å². The summed E-state index contributed by atoms with van der Waals surface area (Å²) < 4.78 is 0. The molecule has 0 spiro atoms. The number of carbonyl (C=O) groups excluding carboxylic acids is 1. The van der Waals surface area contributed by atoms with Crippen LogP contribution in [0.5, 0.6) is 0 Å². The van der Waals surface area contributed by atoms with Gasteiger partial charge in [0.2, 0.25) is 5.91 Å². The van der Waals surface area contributed by atoms with E-state index in [0.717, 1.165) is 31.2 Å². The first-order valence-electron chi connectivity index (χ1n) is 8.42. The van der Waals surface area contributed by atoms with Crippen molar-refractivity contribution in [2.75, 3.05) is 13.1 Å². The largest absolute Gasteiger partial charge is 0.389 e. The normalized spacial score (nSPS) is 27.0. The smallest absolute Gasteiger partial charge is 0.269 e. The lowest BCUT2D eigenvalue weighted by atomic mass is 9.71. The van der Waals surface area contributed by atoms with Crippen LogP contribution in [-0.2, 0) is 4.79 Å². The minimum Gasteiger partial charge on any atom is -0.389 e. The average Bonchev–Trinajstić information content (AvgIpc) is 2.59. The number of fused-ring (bicyclic) bond motifs is 1. The molecule has 0 aromatic heterocycles. The summed E-state index contributed by atoms with van der Waals surface area (Å²) in [5.41, 5.74) is 0.197. The van der Waals surface area contributed by atoms with Crippen LogP contribution in [0, 0.1) is 16.0 Å². The molecule has 6 heteroatoms. The molecule has 1 aliphatic heterocycles. The predicted molar refractivity (Wildman–Crippen MR) is 90.2 cm³/mol. The molecule has 1 saturated heterocycles. The van der Waals surface area contributed by atoms with Gasteiger partial charge in [0, 0.05) is 37.2 Å². The topological polar surface area (TPSA) is 83.7 Å². The Morgan fingerprint density at radius 2 is 2.04 bits per heavy atom. The monoisotopic (exact) mass is 330 g/mol. The Morgan fingerprint density at radius 3 is 2.75 bits per heavy atom. The van der Waals surface area contributed by atoms with E-state index in [1.807, 2.05) is 0 Å². The Morgan fingerprint density at radius 1 is 1.29 bits per heavy atom. The van der Waals surface area contributed by atoms with Gasteiger partial charge in [-0.2, -0.15) is 0 Å². The lowest BCUT2D eigenvalue weighted by Crippen LogP contribution is -2.54. The number of nitrogens with zero attached hydrogens (tertiary/aromatic N) is 2. The van der Waals surface area contributed by atoms with E-state index in [4.69, 9.17) is 0 Å². The van der Waals surface area contributed by atoms with Gasteiger partial charge >= 0.3 is 0 Å². The summed E-state index contributed by atoms with van der Waals surface area (Å²) in [6, 6.07) is 6.09. The third-order valence-electron chi connectivity index (χ3n) is 5.26. The maximum atomic E-state index is 12.4. The Labute approximate surface area is 140 Å². The van der Waals surface area contributed by atoms with E-state index < -0.39 is 10.5 Å². The Bertz CT molecular complexity index is 655. The van der Waals surface area contributed by atoms with E-state index in [1.165, 1.54) is 18.2 Å². The summed E-state index contributed by atoms with van der Waals surface area (Å²) in [5.74, 6) is 0.109. The van der Waals surface area contributed by atoms with E-state index in [9.17, 15) is 20.0 Å². The van der Waals surface area contributed by atoms with Gasteiger partial charge in [0.05, 0.1) is 10.5 Å². The number of hydrogen-bond acceptors (Lipinski definition) is 4. The average molecular weight is 330 g/mol. The first-order valence-corrected chi connectivity index (χ1v) is 8.42. The number of hydrogen-bond donors (Lipinski definition) is 1. The van der Waals surface area contributed by atoms with E-state index in [2.05, 4.69) is 0 Å². The SMILES string of the molecule is O=C(/C=C/c1ccc([N+](=O)[O-])cc1)N1CC[C@@]2(O)CCCC[C@@H]2C1. The van der Waals surface area contributed by atoms with Gasteiger partial charge in [-0.25, -0.2) is 0 Å². The molecule has 2 aliphatic rings. The summed E-state index contributed by atoms with van der Waals surface area (Å²) in [6.07, 6.45) is 7.84. The lowest BCUT2D eigenvalue weighted by molar-refractivity contribution is -0.384. The van der Waals surface area contributed by atoms with Gasteiger partial charge in [-0.3, -0.25) is 14.9 Å². The van der Waals surface area contributed by atoms with Crippen molar-refractivity contribution >= 4 is 17.7 Å². The molecule has 128 valence electrons. The molecule has 3 rings (SSSR count). The number of non-ortho nitro benzene ring substituents is 1. The molecular formula is C18H22N2O4. The van der Waals surface area contributed by atoms with Crippen molar-refractivity contribution in [3.8, 4) is 0 Å². The zero-order chi connectivity index (χ0) is 17.2. The van der Waals surface area contributed by atoms with Gasteiger partial charge in [0.1, 0.15) is 0 Å². The highest BCUT2D eigenvalue weighted by molar-refractivity contribution is 5.91. The minimum absolute atomic E-state index is 0.0334. The van der Waals surface area contributed by atoms with Crippen LogP contribution in [0.3, 0.4) is 0 Å². The predicted octanol–water partition coefficient (Wildman–Crippen LogP) is 2.76. The molecule has 1 heterocycles. The molecule has 6 nitrogen and oxygen atoms in total. The second-order valence-corrected chi connectivity index (χ2v) is 6.76. The summed E-state index contributed by atoms with van der Waals surface area (Å²) in [6.45, 7) is 1.19. The summed E-state index contributed by atoms with van der Waals surface area (Å²) in [7, 11) is 0. The molecule has 1 N–H and O–H groups in total. The third-order valence-corrected chi connectivity index (χ3v) is 5.26. The van der Waals surface area contributed by atoms with Crippen LogP contribution < -0.4 is 0 Å². The molecule has 0 radical (unpaired) electrons. The van der Waals surface area contributed by atoms with Crippen LogP contribution in [0.25, 0.3) is 6.08 Å². The van der Waals surface area contributed by atoms with Gasteiger partial charge in [0.25, 0.3) is 5.69 Å². The molecule has 0 bridgehead atoms. The minimum atomic E-state index is -0.586. The van der Waals surface area contributed by atoms with Crippen LogP contribution >= 0.6 is 0 Å². The van der Waals surface area contributed by atoms with E-state index in [1.54, 1.807) is 23.1 Å². The van der Waals surface area contributed by atoms with Gasteiger partial charge in [-0.1, -0.05) is 12.8 Å². The Kier molecular flexibility index (Phi) is 4.66. The molecular weight excluding hydrogens is 308 g/mol. The number of carbonyl (C=O) groups is 1. The highest BCUT2D eigenvalue weighted by Gasteiger charge is 2.43. The number of rotatable bonds is 3. The van der Waals surface area contributed by atoms with E-state index >= 15 is 0 Å². The first-order chi connectivity index (χ1) is 11.5. The number of nitro benzene ring substituents is 1. The van der Waals surface area contributed by atoms with Gasteiger partial charge in [-0.05, 0) is 43.0 Å². The number of piperidine rings is 1. The fourth-order valence-corrected chi connectivity index (χ4v) is 3.75.